The van der Waals surface area contributed by atoms with E-state index in [4.69, 9.17) is 0 Å². The van der Waals surface area contributed by atoms with Crippen molar-refractivity contribution in [2.75, 3.05) is 0 Å². The van der Waals surface area contributed by atoms with Crippen LogP contribution in [0.5, 0.6) is 0 Å². The second-order valence-electron chi connectivity index (χ2n) is 4.83. The average Bonchev–Trinajstić information content (AvgIpc) is 2.03. The van der Waals surface area contributed by atoms with Gasteiger partial charge in [-0.05, 0) is 44.4 Å². The molecule has 0 spiro atoms. The van der Waals surface area contributed by atoms with E-state index in [1.54, 1.807) is 5.57 Å². The van der Waals surface area contributed by atoms with Crippen LogP contribution in [-0.4, -0.2) is 0 Å². The summed E-state index contributed by atoms with van der Waals surface area (Å²) in [6.07, 6.45) is 5.04. The monoisotopic (exact) mass is 178 g/mol. The summed E-state index contributed by atoms with van der Waals surface area (Å²) in [6.45, 7) is 13.2. The van der Waals surface area contributed by atoms with Crippen LogP contribution in [-0.2, 0) is 0 Å². The van der Waals surface area contributed by atoms with Crippen molar-refractivity contribution in [2.24, 2.45) is 17.8 Å². The first kappa shape index (κ1) is 10.6. The third-order valence-corrected chi connectivity index (χ3v) is 3.19. The lowest BCUT2D eigenvalue weighted by Gasteiger charge is -2.32. The fraction of sp³-hybridized carbons (Fsp3) is 0.692. The minimum absolute atomic E-state index is 0.726. The van der Waals surface area contributed by atoms with Gasteiger partial charge in [0, 0.05) is 0 Å². The van der Waals surface area contributed by atoms with Gasteiger partial charge in [-0.3, -0.25) is 0 Å². The fourth-order valence-corrected chi connectivity index (χ4v) is 2.34. The zero-order valence-electron chi connectivity index (χ0n) is 9.43. The van der Waals surface area contributed by atoms with Crippen molar-refractivity contribution < 1.29 is 0 Å². The van der Waals surface area contributed by atoms with Crippen LogP contribution < -0.4 is 0 Å². The molecule has 0 nitrogen and oxygen atoms in total. The van der Waals surface area contributed by atoms with Gasteiger partial charge in [0.05, 0.1) is 0 Å². The van der Waals surface area contributed by atoms with Crippen molar-refractivity contribution in [3.05, 3.63) is 23.8 Å². The molecular weight excluding hydrogens is 156 g/mol. The van der Waals surface area contributed by atoms with E-state index >= 15 is 0 Å². The second-order valence-corrected chi connectivity index (χ2v) is 4.83. The summed E-state index contributed by atoms with van der Waals surface area (Å²) >= 11 is 0. The molecule has 0 saturated carbocycles. The van der Waals surface area contributed by atoms with Gasteiger partial charge in [0.2, 0.25) is 0 Å². The van der Waals surface area contributed by atoms with Gasteiger partial charge in [-0.2, -0.15) is 0 Å². The van der Waals surface area contributed by atoms with Crippen LogP contribution in [0.25, 0.3) is 0 Å². The Kier molecular flexibility index (Phi) is 3.35. The lowest BCUT2D eigenvalue weighted by atomic mass is 9.73. The summed E-state index contributed by atoms with van der Waals surface area (Å²) in [5.74, 6) is 2.20. The predicted molar refractivity (Wildman–Crippen MR) is 59.6 cm³/mol. The lowest BCUT2D eigenvalue weighted by molar-refractivity contribution is 0.317. The molecule has 1 aliphatic rings. The molecule has 0 fully saturated rings. The molecule has 1 aliphatic carbocycles. The third kappa shape index (κ3) is 2.46. The fourth-order valence-electron chi connectivity index (χ4n) is 2.34. The summed E-state index contributed by atoms with van der Waals surface area (Å²) in [5, 5.41) is 0. The minimum Gasteiger partial charge on any atom is -0.0998 e. The molecule has 74 valence electrons. The summed E-state index contributed by atoms with van der Waals surface area (Å²) < 4.78 is 0. The molecule has 0 aromatic heterocycles. The number of hydrogen-bond acceptors (Lipinski definition) is 0. The standard InChI is InChI=1S/C13H22/c1-9(2)12-7-6-11(5)8-13(12)10(3)4/h8,10,12-13H,1,6-7H2,2-5H3/t12-,13+/m0/s1. The first-order valence-corrected chi connectivity index (χ1v) is 5.35. The molecule has 1 rings (SSSR count). The Morgan fingerprint density at radius 1 is 1.54 bits per heavy atom. The average molecular weight is 178 g/mol. The maximum absolute atomic E-state index is 4.11. The largest absolute Gasteiger partial charge is 0.0998 e. The maximum Gasteiger partial charge on any atom is -0.0140 e. The Labute approximate surface area is 82.7 Å². The van der Waals surface area contributed by atoms with Gasteiger partial charge < -0.3 is 0 Å². The number of allylic oxidation sites excluding steroid dienone is 3. The van der Waals surface area contributed by atoms with Crippen LogP contribution in [0.4, 0.5) is 0 Å². The maximum atomic E-state index is 4.11. The summed E-state index contributed by atoms with van der Waals surface area (Å²) in [5.41, 5.74) is 2.93. The van der Waals surface area contributed by atoms with E-state index in [1.165, 1.54) is 18.4 Å². The topological polar surface area (TPSA) is 0 Å². The molecule has 0 heterocycles. The van der Waals surface area contributed by atoms with Crippen molar-refractivity contribution in [3.63, 3.8) is 0 Å². The molecule has 0 bridgehead atoms. The molecule has 0 radical (unpaired) electrons. The van der Waals surface area contributed by atoms with Gasteiger partial charge in [-0.25, -0.2) is 0 Å². The molecular formula is C13H22. The summed E-state index contributed by atoms with van der Waals surface area (Å²) in [7, 11) is 0. The molecule has 0 N–H and O–H groups in total. The van der Waals surface area contributed by atoms with Crippen molar-refractivity contribution in [1.82, 2.24) is 0 Å². The van der Waals surface area contributed by atoms with E-state index < -0.39 is 0 Å². The van der Waals surface area contributed by atoms with Crippen molar-refractivity contribution in [2.45, 2.75) is 40.5 Å². The van der Waals surface area contributed by atoms with Crippen LogP contribution in [0.2, 0.25) is 0 Å². The van der Waals surface area contributed by atoms with Crippen LogP contribution >= 0.6 is 0 Å². The highest BCUT2D eigenvalue weighted by atomic mass is 14.3. The second kappa shape index (κ2) is 4.13. The van der Waals surface area contributed by atoms with Gasteiger partial charge in [0.15, 0.2) is 0 Å². The van der Waals surface area contributed by atoms with E-state index in [-0.39, 0.29) is 0 Å². The third-order valence-electron chi connectivity index (χ3n) is 3.19. The van der Waals surface area contributed by atoms with Crippen LogP contribution in [0, 0.1) is 17.8 Å². The molecule has 0 amide bonds. The molecule has 0 unspecified atom stereocenters. The van der Waals surface area contributed by atoms with Gasteiger partial charge in [-0.15, -0.1) is 0 Å². The van der Waals surface area contributed by atoms with Crippen molar-refractivity contribution >= 4 is 0 Å². The van der Waals surface area contributed by atoms with Crippen molar-refractivity contribution in [1.29, 1.82) is 0 Å². The number of hydrogen-bond donors (Lipinski definition) is 0. The molecule has 0 aromatic rings. The lowest BCUT2D eigenvalue weighted by Crippen LogP contribution is -2.22. The van der Waals surface area contributed by atoms with Crippen LogP contribution in [0.3, 0.4) is 0 Å². The predicted octanol–water partition coefficient (Wildman–Crippen LogP) is 4.19. The quantitative estimate of drug-likeness (QED) is 0.556. The van der Waals surface area contributed by atoms with Gasteiger partial charge in [0.1, 0.15) is 0 Å². The van der Waals surface area contributed by atoms with Gasteiger partial charge >= 0.3 is 0 Å². The highest BCUT2D eigenvalue weighted by molar-refractivity contribution is 5.14. The molecule has 0 saturated heterocycles. The minimum atomic E-state index is 0.726. The zero-order chi connectivity index (χ0) is 10.0. The SMILES string of the molecule is C=C(C)[C@@H]1CCC(C)=C[C@@H]1C(C)C. The van der Waals surface area contributed by atoms with Crippen molar-refractivity contribution in [3.8, 4) is 0 Å². The van der Waals surface area contributed by atoms with E-state index in [0.29, 0.717) is 0 Å². The van der Waals surface area contributed by atoms with E-state index in [0.717, 1.165) is 17.8 Å². The first-order valence-electron chi connectivity index (χ1n) is 5.35. The first-order chi connectivity index (χ1) is 6.02. The Bertz CT molecular complexity index is 220. The van der Waals surface area contributed by atoms with Gasteiger partial charge in [-0.1, -0.05) is 37.6 Å². The van der Waals surface area contributed by atoms with E-state index in [9.17, 15) is 0 Å². The Balaban J connectivity index is 2.82. The smallest absolute Gasteiger partial charge is 0.0140 e. The Morgan fingerprint density at radius 3 is 2.62 bits per heavy atom. The van der Waals surface area contributed by atoms with E-state index in [2.05, 4.69) is 40.3 Å². The molecule has 0 heteroatoms. The van der Waals surface area contributed by atoms with Crippen LogP contribution in [0.1, 0.15) is 40.5 Å². The highest BCUT2D eigenvalue weighted by Crippen LogP contribution is 2.36. The zero-order valence-corrected chi connectivity index (χ0v) is 9.43. The van der Waals surface area contributed by atoms with Crippen LogP contribution in [0.15, 0.2) is 23.8 Å². The summed E-state index contributed by atoms with van der Waals surface area (Å²) in [6, 6.07) is 0. The molecule has 13 heavy (non-hydrogen) atoms. The summed E-state index contributed by atoms with van der Waals surface area (Å²) in [4.78, 5) is 0. The molecule has 0 aliphatic heterocycles. The Morgan fingerprint density at radius 2 is 2.15 bits per heavy atom. The Hall–Kier alpha value is -0.520. The normalized spacial score (nSPS) is 28.8. The molecule has 0 aromatic carbocycles. The van der Waals surface area contributed by atoms with Gasteiger partial charge in [0.25, 0.3) is 0 Å². The number of rotatable bonds is 2. The highest BCUT2D eigenvalue weighted by Gasteiger charge is 2.26. The van der Waals surface area contributed by atoms with E-state index in [1.807, 2.05) is 0 Å². The molecule has 2 atom stereocenters.